The van der Waals surface area contributed by atoms with E-state index in [1.54, 1.807) is 7.11 Å². The van der Waals surface area contributed by atoms with Crippen LogP contribution < -0.4 is 11.1 Å². The Hall–Kier alpha value is -1.39. The molecule has 0 aromatic heterocycles. The lowest BCUT2D eigenvalue weighted by atomic mass is 9.62. The van der Waals surface area contributed by atoms with Crippen molar-refractivity contribution in [1.82, 2.24) is 0 Å². The Morgan fingerprint density at radius 1 is 1.53 bits per heavy atom. The molecule has 0 spiro atoms. The third-order valence-electron chi connectivity index (χ3n) is 3.85. The molecule has 19 heavy (non-hydrogen) atoms. The lowest BCUT2D eigenvalue weighted by Gasteiger charge is -2.44. The Bertz CT molecular complexity index is 453. The molecular formula is C15H22N2O2. The lowest BCUT2D eigenvalue weighted by Crippen LogP contribution is -2.51. The van der Waals surface area contributed by atoms with Gasteiger partial charge in [0, 0.05) is 19.3 Å². The van der Waals surface area contributed by atoms with Crippen molar-refractivity contribution >= 4 is 11.6 Å². The normalized spacial score (nSPS) is 25.7. The number of benzene rings is 1. The zero-order chi connectivity index (χ0) is 13.9. The van der Waals surface area contributed by atoms with Crippen molar-refractivity contribution in [3.63, 3.8) is 0 Å². The van der Waals surface area contributed by atoms with Gasteiger partial charge in [-0.05, 0) is 36.5 Å². The van der Waals surface area contributed by atoms with Crippen LogP contribution in [-0.2, 0) is 16.1 Å². The molecule has 1 fully saturated rings. The van der Waals surface area contributed by atoms with E-state index in [0.717, 1.165) is 24.1 Å². The van der Waals surface area contributed by atoms with Gasteiger partial charge in [-0.25, -0.2) is 0 Å². The van der Waals surface area contributed by atoms with Crippen LogP contribution in [0.2, 0.25) is 0 Å². The molecule has 0 radical (unpaired) electrons. The fourth-order valence-corrected chi connectivity index (χ4v) is 2.89. The van der Waals surface area contributed by atoms with E-state index in [4.69, 9.17) is 10.5 Å². The molecule has 1 aromatic rings. The Balaban J connectivity index is 2.04. The number of amides is 1. The van der Waals surface area contributed by atoms with Crippen molar-refractivity contribution in [2.24, 2.45) is 17.1 Å². The van der Waals surface area contributed by atoms with E-state index >= 15 is 0 Å². The van der Waals surface area contributed by atoms with E-state index in [0.29, 0.717) is 19.1 Å². The fraction of sp³-hybridized carbons (Fsp3) is 0.533. The SMILES string of the molecule is COCc1cccc(NC(=O)C2(CN)CC(C)C2)c1. The van der Waals surface area contributed by atoms with Crippen LogP contribution in [0.15, 0.2) is 24.3 Å². The standard InChI is InChI=1S/C15H22N2O2/c1-11-7-15(8-11,10-16)14(18)17-13-5-3-4-12(6-13)9-19-2/h3-6,11H,7-10,16H2,1-2H3,(H,17,18). The summed E-state index contributed by atoms with van der Waals surface area (Å²) in [5, 5.41) is 2.98. The van der Waals surface area contributed by atoms with Gasteiger partial charge < -0.3 is 15.8 Å². The summed E-state index contributed by atoms with van der Waals surface area (Å²) in [4.78, 5) is 12.3. The number of anilines is 1. The number of carbonyl (C=O) groups excluding carboxylic acids is 1. The average molecular weight is 262 g/mol. The second-order valence-corrected chi connectivity index (χ2v) is 5.59. The summed E-state index contributed by atoms with van der Waals surface area (Å²) in [7, 11) is 1.66. The monoisotopic (exact) mass is 262 g/mol. The number of carbonyl (C=O) groups is 1. The van der Waals surface area contributed by atoms with Crippen molar-refractivity contribution in [3.05, 3.63) is 29.8 Å². The second-order valence-electron chi connectivity index (χ2n) is 5.59. The highest BCUT2D eigenvalue weighted by atomic mass is 16.5. The first kappa shape index (κ1) is 14.0. The summed E-state index contributed by atoms with van der Waals surface area (Å²) in [5.41, 5.74) is 7.28. The van der Waals surface area contributed by atoms with Crippen LogP contribution in [-0.4, -0.2) is 19.6 Å². The topological polar surface area (TPSA) is 64.3 Å². The minimum atomic E-state index is -0.364. The molecule has 0 unspecified atom stereocenters. The first-order valence-electron chi connectivity index (χ1n) is 6.69. The average Bonchev–Trinajstić information content (AvgIpc) is 2.35. The molecular weight excluding hydrogens is 240 g/mol. The van der Waals surface area contributed by atoms with Crippen LogP contribution in [0.1, 0.15) is 25.3 Å². The molecule has 4 nitrogen and oxygen atoms in total. The van der Waals surface area contributed by atoms with Gasteiger partial charge in [-0.15, -0.1) is 0 Å². The molecule has 0 atom stereocenters. The fourth-order valence-electron chi connectivity index (χ4n) is 2.89. The van der Waals surface area contributed by atoms with Gasteiger partial charge in [0.1, 0.15) is 0 Å². The van der Waals surface area contributed by atoms with Gasteiger partial charge in [-0.2, -0.15) is 0 Å². The van der Waals surface area contributed by atoms with Gasteiger partial charge in [0.2, 0.25) is 5.91 Å². The van der Waals surface area contributed by atoms with Crippen LogP contribution in [0.25, 0.3) is 0 Å². The molecule has 1 amide bonds. The molecule has 104 valence electrons. The molecule has 0 saturated heterocycles. The zero-order valence-electron chi connectivity index (χ0n) is 11.6. The first-order valence-corrected chi connectivity index (χ1v) is 6.69. The van der Waals surface area contributed by atoms with Gasteiger partial charge in [0.25, 0.3) is 0 Å². The van der Waals surface area contributed by atoms with Crippen molar-refractivity contribution in [1.29, 1.82) is 0 Å². The number of ether oxygens (including phenoxy) is 1. The van der Waals surface area contributed by atoms with Crippen molar-refractivity contribution in [2.45, 2.75) is 26.4 Å². The number of hydrogen-bond donors (Lipinski definition) is 2. The highest BCUT2D eigenvalue weighted by Gasteiger charge is 2.47. The maximum Gasteiger partial charge on any atom is 0.231 e. The van der Waals surface area contributed by atoms with Gasteiger partial charge >= 0.3 is 0 Å². The highest BCUT2D eigenvalue weighted by molar-refractivity contribution is 5.96. The molecule has 1 aromatic carbocycles. The zero-order valence-corrected chi connectivity index (χ0v) is 11.6. The molecule has 1 saturated carbocycles. The number of rotatable bonds is 5. The number of hydrogen-bond acceptors (Lipinski definition) is 3. The van der Waals surface area contributed by atoms with E-state index < -0.39 is 0 Å². The lowest BCUT2D eigenvalue weighted by molar-refractivity contribution is -0.132. The molecule has 2 rings (SSSR count). The van der Waals surface area contributed by atoms with Crippen LogP contribution in [0, 0.1) is 11.3 Å². The molecule has 0 heterocycles. The number of nitrogens with two attached hydrogens (primary N) is 1. The maximum absolute atomic E-state index is 12.3. The number of methoxy groups -OCH3 is 1. The summed E-state index contributed by atoms with van der Waals surface area (Å²) in [6, 6.07) is 7.73. The van der Waals surface area contributed by atoms with Crippen LogP contribution >= 0.6 is 0 Å². The predicted octanol–water partition coefficient (Wildman–Crippen LogP) is 2.15. The summed E-state index contributed by atoms with van der Waals surface area (Å²) < 4.78 is 5.09. The maximum atomic E-state index is 12.3. The minimum Gasteiger partial charge on any atom is -0.380 e. The third-order valence-corrected chi connectivity index (χ3v) is 3.85. The van der Waals surface area contributed by atoms with Crippen molar-refractivity contribution < 1.29 is 9.53 Å². The highest BCUT2D eigenvalue weighted by Crippen LogP contribution is 2.45. The molecule has 1 aliphatic carbocycles. The van der Waals surface area contributed by atoms with Crippen molar-refractivity contribution in [2.75, 3.05) is 19.0 Å². The summed E-state index contributed by atoms with van der Waals surface area (Å²) in [6.07, 6.45) is 1.76. The van der Waals surface area contributed by atoms with Crippen molar-refractivity contribution in [3.8, 4) is 0 Å². The van der Waals surface area contributed by atoms with Crippen LogP contribution in [0.4, 0.5) is 5.69 Å². The summed E-state index contributed by atoms with van der Waals surface area (Å²) in [5.74, 6) is 0.636. The predicted molar refractivity (Wildman–Crippen MR) is 75.7 cm³/mol. The van der Waals surface area contributed by atoms with Crippen LogP contribution in [0.3, 0.4) is 0 Å². The first-order chi connectivity index (χ1) is 9.09. The Morgan fingerprint density at radius 2 is 2.26 bits per heavy atom. The third kappa shape index (κ3) is 2.96. The Kier molecular flexibility index (Phi) is 4.22. The van der Waals surface area contributed by atoms with E-state index in [9.17, 15) is 4.79 Å². The van der Waals surface area contributed by atoms with E-state index in [-0.39, 0.29) is 11.3 Å². The van der Waals surface area contributed by atoms with Crippen LogP contribution in [0.5, 0.6) is 0 Å². The quantitative estimate of drug-likeness (QED) is 0.854. The van der Waals surface area contributed by atoms with Gasteiger partial charge in [-0.1, -0.05) is 19.1 Å². The Labute approximate surface area is 114 Å². The van der Waals surface area contributed by atoms with E-state index in [2.05, 4.69) is 12.2 Å². The van der Waals surface area contributed by atoms with E-state index in [1.165, 1.54) is 0 Å². The molecule has 0 aliphatic heterocycles. The Morgan fingerprint density at radius 3 is 2.84 bits per heavy atom. The summed E-state index contributed by atoms with van der Waals surface area (Å²) >= 11 is 0. The second kappa shape index (κ2) is 5.72. The van der Waals surface area contributed by atoms with Gasteiger partial charge in [-0.3, -0.25) is 4.79 Å². The van der Waals surface area contributed by atoms with Gasteiger partial charge in [0.15, 0.2) is 0 Å². The van der Waals surface area contributed by atoms with E-state index in [1.807, 2.05) is 24.3 Å². The molecule has 0 bridgehead atoms. The minimum absolute atomic E-state index is 0.0441. The number of nitrogens with one attached hydrogen (secondary N) is 1. The summed E-state index contributed by atoms with van der Waals surface area (Å²) in [6.45, 7) is 3.12. The molecule has 4 heteroatoms. The smallest absolute Gasteiger partial charge is 0.231 e. The molecule has 3 N–H and O–H groups in total. The largest absolute Gasteiger partial charge is 0.380 e. The molecule has 1 aliphatic rings. The van der Waals surface area contributed by atoms with Gasteiger partial charge in [0.05, 0.1) is 12.0 Å².